The van der Waals surface area contributed by atoms with E-state index in [4.69, 9.17) is 11.6 Å². The zero-order valence-electron chi connectivity index (χ0n) is 12.3. The number of imide groups is 1. The van der Waals surface area contributed by atoms with Gasteiger partial charge in [0.25, 0.3) is 5.91 Å². The maximum Gasteiger partial charge on any atom is 0.267 e. The summed E-state index contributed by atoms with van der Waals surface area (Å²) in [5, 5.41) is 0.366. The highest BCUT2D eigenvalue weighted by Gasteiger charge is 2.36. The maximum atomic E-state index is 12.7. The molecule has 0 bridgehead atoms. The van der Waals surface area contributed by atoms with Crippen LogP contribution in [-0.2, 0) is 9.59 Å². The second-order valence-corrected chi connectivity index (χ2v) is 5.61. The highest BCUT2D eigenvalue weighted by atomic mass is 35.5. The van der Waals surface area contributed by atoms with E-state index in [2.05, 4.69) is 0 Å². The average molecular weight is 312 g/mol. The van der Waals surface area contributed by atoms with Gasteiger partial charge in [-0.05, 0) is 18.6 Å². The fraction of sp³-hybridized carbons (Fsp3) is 0.111. The molecule has 0 saturated heterocycles. The van der Waals surface area contributed by atoms with Gasteiger partial charge in [-0.1, -0.05) is 59.6 Å². The minimum atomic E-state index is -0.375. The van der Waals surface area contributed by atoms with Crippen LogP contribution in [0.4, 0.5) is 5.69 Å². The van der Waals surface area contributed by atoms with E-state index in [1.54, 1.807) is 12.1 Å². The summed E-state index contributed by atoms with van der Waals surface area (Å²) in [6.07, 6.45) is 0. The number of benzene rings is 2. The van der Waals surface area contributed by atoms with Crippen LogP contribution < -0.4 is 4.90 Å². The van der Waals surface area contributed by atoms with Crippen LogP contribution >= 0.6 is 11.6 Å². The molecule has 4 heteroatoms. The summed E-state index contributed by atoms with van der Waals surface area (Å²) in [6, 6.07) is 14.8. The summed E-state index contributed by atoms with van der Waals surface area (Å²) in [6.45, 7) is 3.34. The van der Waals surface area contributed by atoms with Crippen LogP contribution in [0, 0.1) is 6.92 Å². The Hall–Kier alpha value is -2.39. The smallest absolute Gasteiger partial charge is 0.267 e. The Morgan fingerprint density at radius 3 is 2.50 bits per heavy atom. The fourth-order valence-electron chi connectivity index (χ4n) is 2.67. The summed E-state index contributed by atoms with van der Waals surface area (Å²) in [5.41, 5.74) is 3.47. The van der Waals surface area contributed by atoms with E-state index in [-0.39, 0.29) is 11.8 Å². The monoisotopic (exact) mass is 311 g/mol. The molecule has 2 aromatic rings. The molecule has 0 unspecified atom stereocenters. The molecule has 2 aromatic carbocycles. The predicted octanol–water partition coefficient (Wildman–Crippen LogP) is 4.00. The minimum Gasteiger partial charge on any atom is -0.274 e. The second-order valence-electron chi connectivity index (χ2n) is 5.24. The molecule has 0 atom stereocenters. The summed E-state index contributed by atoms with van der Waals surface area (Å²) >= 11 is 6.50. The van der Waals surface area contributed by atoms with E-state index in [0.717, 1.165) is 11.1 Å². The van der Waals surface area contributed by atoms with Crippen molar-refractivity contribution in [2.45, 2.75) is 13.8 Å². The number of anilines is 1. The van der Waals surface area contributed by atoms with Crippen molar-refractivity contribution in [3.63, 3.8) is 0 Å². The van der Waals surface area contributed by atoms with Crippen LogP contribution in [0.3, 0.4) is 0 Å². The van der Waals surface area contributed by atoms with E-state index in [9.17, 15) is 9.59 Å². The van der Waals surface area contributed by atoms with Crippen molar-refractivity contribution in [1.82, 2.24) is 0 Å². The molecule has 3 nitrogen and oxygen atoms in total. The average Bonchev–Trinajstić information content (AvgIpc) is 2.78. The Morgan fingerprint density at radius 2 is 1.82 bits per heavy atom. The van der Waals surface area contributed by atoms with Gasteiger partial charge in [-0.25, -0.2) is 4.90 Å². The lowest BCUT2D eigenvalue weighted by Gasteiger charge is -2.11. The Morgan fingerprint density at radius 1 is 1.09 bits per heavy atom. The van der Waals surface area contributed by atoms with Gasteiger partial charge in [-0.3, -0.25) is 9.59 Å². The molecule has 3 rings (SSSR count). The number of nitrogens with zero attached hydrogens (tertiary/aromatic N) is 1. The van der Waals surface area contributed by atoms with Crippen LogP contribution in [-0.4, -0.2) is 11.8 Å². The summed E-state index contributed by atoms with van der Waals surface area (Å²) < 4.78 is 0. The third-order valence-electron chi connectivity index (χ3n) is 3.64. The van der Waals surface area contributed by atoms with Gasteiger partial charge < -0.3 is 0 Å². The topological polar surface area (TPSA) is 37.4 Å². The lowest BCUT2D eigenvalue weighted by molar-refractivity contribution is -0.122. The third kappa shape index (κ3) is 2.24. The molecular weight excluding hydrogens is 298 g/mol. The summed E-state index contributed by atoms with van der Waals surface area (Å²) in [7, 11) is 0. The van der Waals surface area contributed by atoms with E-state index in [1.165, 1.54) is 11.8 Å². The molecule has 0 fully saturated rings. The van der Waals surface area contributed by atoms with Gasteiger partial charge >= 0.3 is 0 Å². The first-order chi connectivity index (χ1) is 10.5. The van der Waals surface area contributed by atoms with Crippen LogP contribution in [0.2, 0.25) is 0 Å². The number of fused-ring (bicyclic) bond motifs is 1. The van der Waals surface area contributed by atoms with E-state index in [1.807, 2.05) is 43.3 Å². The van der Waals surface area contributed by atoms with Gasteiger partial charge in [-0.15, -0.1) is 0 Å². The number of amides is 2. The Kier molecular flexibility index (Phi) is 3.59. The Bertz CT molecular complexity index is 823. The van der Waals surface area contributed by atoms with Crippen LogP contribution in [0.25, 0.3) is 10.6 Å². The van der Waals surface area contributed by atoms with Crippen molar-refractivity contribution < 1.29 is 9.59 Å². The molecule has 1 aliphatic rings. The maximum absolute atomic E-state index is 12.7. The summed E-state index contributed by atoms with van der Waals surface area (Å²) in [5.74, 6) is -0.693. The van der Waals surface area contributed by atoms with Gasteiger partial charge in [0.05, 0.1) is 16.3 Å². The number of para-hydroxylation sites is 1. The standard InChI is InChI=1S/C18H14ClNO2/c1-11-6-5-7-13(10-11)17(19)16-14-8-3-4-9-15(14)20(12(2)21)18(16)22/h3-10H,1-2H3. The van der Waals surface area contributed by atoms with Crippen molar-refractivity contribution in [1.29, 1.82) is 0 Å². The lowest BCUT2D eigenvalue weighted by Crippen LogP contribution is -2.31. The van der Waals surface area contributed by atoms with Gasteiger partial charge in [0, 0.05) is 12.5 Å². The fourth-order valence-corrected chi connectivity index (χ4v) is 2.97. The summed E-state index contributed by atoms with van der Waals surface area (Å²) in [4.78, 5) is 25.7. The highest BCUT2D eigenvalue weighted by Crippen LogP contribution is 2.42. The van der Waals surface area contributed by atoms with Gasteiger partial charge in [0.1, 0.15) is 0 Å². The Balaban J connectivity index is 2.25. The quantitative estimate of drug-likeness (QED) is 0.747. The predicted molar refractivity (Wildman–Crippen MR) is 88.5 cm³/mol. The molecule has 0 saturated carbocycles. The zero-order chi connectivity index (χ0) is 15.9. The first-order valence-corrected chi connectivity index (χ1v) is 7.29. The highest BCUT2D eigenvalue weighted by molar-refractivity contribution is 6.60. The molecule has 22 heavy (non-hydrogen) atoms. The first kappa shape index (κ1) is 14.5. The number of carbonyl (C=O) groups is 2. The number of hydrogen-bond acceptors (Lipinski definition) is 2. The van der Waals surface area contributed by atoms with E-state index >= 15 is 0 Å². The molecule has 2 amide bonds. The lowest BCUT2D eigenvalue weighted by atomic mass is 10.0. The van der Waals surface area contributed by atoms with E-state index in [0.29, 0.717) is 21.9 Å². The van der Waals surface area contributed by atoms with Crippen molar-refractivity contribution in [3.05, 3.63) is 65.2 Å². The molecule has 0 radical (unpaired) electrons. The molecule has 110 valence electrons. The molecule has 0 spiro atoms. The van der Waals surface area contributed by atoms with Crippen molar-refractivity contribution >= 4 is 39.7 Å². The van der Waals surface area contributed by atoms with Crippen LogP contribution in [0.15, 0.2) is 48.5 Å². The SMILES string of the molecule is CC(=O)N1C(=O)C(=C(Cl)c2cccc(C)c2)c2ccccc21. The molecule has 0 N–H and O–H groups in total. The molecule has 1 heterocycles. The minimum absolute atomic E-state index is 0.318. The van der Waals surface area contributed by atoms with Crippen molar-refractivity contribution in [2.24, 2.45) is 0 Å². The number of carbonyl (C=O) groups excluding carboxylic acids is 2. The third-order valence-corrected chi connectivity index (χ3v) is 4.04. The Labute approximate surface area is 133 Å². The molecular formula is C18H14ClNO2. The number of rotatable bonds is 1. The van der Waals surface area contributed by atoms with Crippen LogP contribution in [0.1, 0.15) is 23.6 Å². The van der Waals surface area contributed by atoms with Crippen molar-refractivity contribution in [2.75, 3.05) is 4.90 Å². The normalized spacial score (nSPS) is 15.8. The van der Waals surface area contributed by atoms with Crippen molar-refractivity contribution in [3.8, 4) is 0 Å². The first-order valence-electron chi connectivity index (χ1n) is 6.92. The molecule has 0 aliphatic carbocycles. The number of hydrogen-bond donors (Lipinski definition) is 0. The molecule has 0 aromatic heterocycles. The van der Waals surface area contributed by atoms with Gasteiger partial charge in [0.2, 0.25) is 5.91 Å². The van der Waals surface area contributed by atoms with Gasteiger partial charge in [0.15, 0.2) is 0 Å². The largest absolute Gasteiger partial charge is 0.274 e. The van der Waals surface area contributed by atoms with Gasteiger partial charge in [-0.2, -0.15) is 0 Å². The second kappa shape index (κ2) is 5.43. The zero-order valence-corrected chi connectivity index (χ0v) is 13.0. The van der Waals surface area contributed by atoms with E-state index < -0.39 is 0 Å². The van der Waals surface area contributed by atoms with Crippen LogP contribution in [0.5, 0.6) is 0 Å². The number of halogens is 1. The number of aryl methyl sites for hydroxylation is 1. The molecule has 1 aliphatic heterocycles.